The van der Waals surface area contributed by atoms with Gasteiger partial charge in [-0.3, -0.25) is 0 Å². The molecule has 0 fully saturated rings. The lowest BCUT2D eigenvalue weighted by Gasteiger charge is -2.05. The van der Waals surface area contributed by atoms with Crippen LogP contribution < -0.4 is 5.73 Å². The molecule has 3 aromatic heterocycles. The lowest BCUT2D eigenvalue weighted by molar-refractivity contribution is 0.892. The Hall–Kier alpha value is -3.54. The third kappa shape index (κ3) is 2.66. The van der Waals surface area contributed by atoms with E-state index in [-0.39, 0.29) is 0 Å². The molecule has 0 aliphatic rings. The summed E-state index contributed by atoms with van der Waals surface area (Å²) >= 11 is 0. The van der Waals surface area contributed by atoms with Crippen LogP contribution in [-0.2, 0) is 6.42 Å². The number of benzene rings is 2. The normalized spacial score (nSPS) is 11.6. The van der Waals surface area contributed by atoms with Crippen molar-refractivity contribution < 1.29 is 0 Å². The van der Waals surface area contributed by atoms with Crippen LogP contribution in [0.3, 0.4) is 0 Å². The van der Waals surface area contributed by atoms with Crippen LogP contribution in [0.5, 0.6) is 0 Å². The maximum atomic E-state index is 6.41. The lowest BCUT2D eigenvalue weighted by atomic mass is 10.1. The van der Waals surface area contributed by atoms with E-state index in [2.05, 4.69) is 51.2 Å². The quantitative estimate of drug-likeness (QED) is 0.456. The molecule has 0 atom stereocenters. The van der Waals surface area contributed by atoms with Gasteiger partial charge in [-0.15, -0.1) is 0 Å². The molecule has 0 saturated carbocycles. The highest BCUT2D eigenvalue weighted by Crippen LogP contribution is 2.24. The first-order chi connectivity index (χ1) is 13.1. The number of aryl methyl sites for hydroxylation is 2. The molecule has 0 radical (unpaired) electrons. The molecule has 2 aromatic carbocycles. The van der Waals surface area contributed by atoms with E-state index >= 15 is 0 Å². The van der Waals surface area contributed by atoms with Crippen LogP contribution in [0.15, 0.2) is 48.7 Å². The van der Waals surface area contributed by atoms with E-state index in [1.54, 1.807) is 4.68 Å². The number of aromatic amines is 2. The predicted octanol–water partition coefficient (Wildman–Crippen LogP) is 4.02. The van der Waals surface area contributed by atoms with Crippen molar-refractivity contribution in [2.75, 3.05) is 5.73 Å². The number of hydrogen-bond donors (Lipinski definition) is 3. The second kappa shape index (κ2) is 5.74. The third-order valence-electron chi connectivity index (χ3n) is 4.93. The van der Waals surface area contributed by atoms with Gasteiger partial charge in [-0.2, -0.15) is 5.10 Å². The average Bonchev–Trinajstić information content (AvgIpc) is 3.30. The van der Waals surface area contributed by atoms with Gasteiger partial charge in [0.15, 0.2) is 0 Å². The number of nitrogens with one attached hydrogen (secondary N) is 2. The van der Waals surface area contributed by atoms with Crippen LogP contribution in [0.4, 0.5) is 5.82 Å². The maximum Gasteiger partial charge on any atom is 0.130 e. The van der Waals surface area contributed by atoms with Crippen molar-refractivity contribution in [1.82, 2.24) is 24.7 Å². The van der Waals surface area contributed by atoms with E-state index in [0.717, 1.165) is 39.3 Å². The minimum Gasteiger partial charge on any atom is -0.383 e. The summed E-state index contributed by atoms with van der Waals surface area (Å²) in [5.41, 5.74) is 13.8. The molecule has 0 saturated heterocycles. The summed E-state index contributed by atoms with van der Waals surface area (Å²) in [4.78, 5) is 11.2. The Morgan fingerprint density at radius 1 is 1.00 bits per heavy atom. The molecule has 5 aromatic rings. The number of H-pyrrole nitrogens is 2. The van der Waals surface area contributed by atoms with Crippen LogP contribution in [0.25, 0.3) is 27.6 Å². The van der Waals surface area contributed by atoms with Crippen LogP contribution in [0.2, 0.25) is 0 Å². The number of nitrogens with two attached hydrogens (primary N) is 1. The highest BCUT2D eigenvalue weighted by atomic mass is 15.3. The van der Waals surface area contributed by atoms with Crippen molar-refractivity contribution in [2.24, 2.45) is 0 Å². The molecule has 6 nitrogen and oxygen atoms in total. The summed E-state index contributed by atoms with van der Waals surface area (Å²) in [6.07, 6.45) is 2.55. The lowest BCUT2D eigenvalue weighted by Crippen LogP contribution is -2.03. The van der Waals surface area contributed by atoms with Gasteiger partial charge in [0.25, 0.3) is 0 Å². The minimum absolute atomic E-state index is 0.649. The van der Waals surface area contributed by atoms with E-state index in [4.69, 9.17) is 5.73 Å². The Bertz CT molecular complexity index is 1290. The molecule has 3 heterocycles. The Morgan fingerprint density at radius 2 is 1.85 bits per heavy atom. The second-order valence-corrected chi connectivity index (χ2v) is 7.05. The van der Waals surface area contributed by atoms with Crippen LogP contribution >= 0.6 is 0 Å². The molecule has 27 heavy (non-hydrogen) atoms. The number of hydrogen-bond acceptors (Lipinski definition) is 3. The zero-order valence-electron chi connectivity index (χ0n) is 15.2. The average molecular weight is 356 g/mol. The fourth-order valence-electron chi connectivity index (χ4n) is 3.60. The van der Waals surface area contributed by atoms with Crippen molar-refractivity contribution in [3.8, 4) is 5.69 Å². The molecule has 0 aliphatic heterocycles. The molecular formula is C21H20N6. The Labute approximate surface area is 156 Å². The zero-order chi connectivity index (χ0) is 18.5. The Kier molecular flexibility index (Phi) is 3.33. The van der Waals surface area contributed by atoms with Gasteiger partial charge in [-0.05, 0) is 55.6 Å². The van der Waals surface area contributed by atoms with Gasteiger partial charge in [-0.25, -0.2) is 9.67 Å². The molecule has 4 N–H and O–H groups in total. The van der Waals surface area contributed by atoms with Gasteiger partial charge in [0.05, 0.1) is 22.9 Å². The third-order valence-corrected chi connectivity index (χ3v) is 4.93. The first-order valence-corrected chi connectivity index (χ1v) is 8.94. The van der Waals surface area contributed by atoms with Crippen LogP contribution in [0.1, 0.15) is 22.6 Å². The van der Waals surface area contributed by atoms with Crippen molar-refractivity contribution >= 4 is 27.8 Å². The highest BCUT2D eigenvalue weighted by Gasteiger charge is 2.12. The van der Waals surface area contributed by atoms with Gasteiger partial charge in [0.2, 0.25) is 0 Å². The molecule has 0 aliphatic carbocycles. The second-order valence-electron chi connectivity index (χ2n) is 7.05. The Balaban J connectivity index is 1.49. The number of rotatable bonds is 3. The fourth-order valence-corrected chi connectivity index (χ4v) is 3.60. The number of fused-ring (bicyclic) bond motifs is 2. The van der Waals surface area contributed by atoms with Crippen molar-refractivity contribution in [3.63, 3.8) is 0 Å². The van der Waals surface area contributed by atoms with Crippen molar-refractivity contribution in [1.29, 1.82) is 0 Å². The summed E-state index contributed by atoms with van der Waals surface area (Å²) in [7, 11) is 0. The first kappa shape index (κ1) is 15.7. The molecule has 0 bridgehead atoms. The molecule has 134 valence electrons. The monoisotopic (exact) mass is 356 g/mol. The standard InChI is InChI=1S/C21H20N6/c1-12-3-5-18-14(7-12)8-16(26-18)9-15-11-23-27(21(15)22)17-4-6-19-20(10-17)25-13(2)24-19/h3-8,10-11,26H,9,22H2,1-2H3,(H,24,25). The largest absolute Gasteiger partial charge is 0.383 e. The number of nitrogen functional groups attached to an aromatic ring is 1. The Morgan fingerprint density at radius 3 is 2.74 bits per heavy atom. The molecule has 6 heteroatoms. The van der Waals surface area contributed by atoms with Crippen LogP contribution in [-0.4, -0.2) is 24.7 Å². The SMILES string of the molecule is Cc1ccc2[nH]c(Cc3cnn(-c4ccc5[nH]c(C)nc5c4)c3N)cc2c1. The fraction of sp³-hybridized carbons (Fsp3) is 0.143. The summed E-state index contributed by atoms with van der Waals surface area (Å²) in [5.74, 6) is 1.54. The van der Waals surface area contributed by atoms with E-state index in [9.17, 15) is 0 Å². The number of anilines is 1. The topological polar surface area (TPSA) is 88.3 Å². The van der Waals surface area contributed by atoms with E-state index < -0.39 is 0 Å². The molecule has 0 amide bonds. The molecule has 5 rings (SSSR count). The summed E-state index contributed by atoms with van der Waals surface area (Å²) in [6, 6.07) is 14.6. The van der Waals surface area contributed by atoms with E-state index in [1.165, 1.54) is 10.9 Å². The van der Waals surface area contributed by atoms with Gasteiger partial charge in [-0.1, -0.05) is 11.6 Å². The van der Waals surface area contributed by atoms with Gasteiger partial charge < -0.3 is 15.7 Å². The maximum absolute atomic E-state index is 6.41. The predicted molar refractivity (Wildman–Crippen MR) is 108 cm³/mol. The van der Waals surface area contributed by atoms with Crippen molar-refractivity contribution in [3.05, 3.63) is 71.3 Å². The summed E-state index contributed by atoms with van der Waals surface area (Å²) in [6.45, 7) is 4.05. The summed E-state index contributed by atoms with van der Waals surface area (Å²) < 4.78 is 1.77. The highest BCUT2D eigenvalue weighted by molar-refractivity contribution is 5.81. The first-order valence-electron chi connectivity index (χ1n) is 8.94. The summed E-state index contributed by atoms with van der Waals surface area (Å²) in [5, 5.41) is 5.72. The van der Waals surface area contributed by atoms with Gasteiger partial charge in [0, 0.05) is 23.2 Å². The smallest absolute Gasteiger partial charge is 0.130 e. The molecular weight excluding hydrogens is 336 g/mol. The van der Waals surface area contributed by atoms with E-state index in [1.807, 2.05) is 31.3 Å². The van der Waals surface area contributed by atoms with E-state index in [0.29, 0.717) is 12.2 Å². The minimum atomic E-state index is 0.649. The van der Waals surface area contributed by atoms with Gasteiger partial charge in [0.1, 0.15) is 11.6 Å². The molecule has 0 spiro atoms. The molecule has 0 unspecified atom stereocenters. The van der Waals surface area contributed by atoms with Crippen molar-refractivity contribution in [2.45, 2.75) is 20.3 Å². The number of nitrogens with zero attached hydrogens (tertiary/aromatic N) is 3. The zero-order valence-corrected chi connectivity index (χ0v) is 15.2. The van der Waals surface area contributed by atoms with Gasteiger partial charge >= 0.3 is 0 Å². The number of aromatic nitrogens is 5. The number of imidazole rings is 1. The van der Waals surface area contributed by atoms with Crippen LogP contribution in [0, 0.1) is 13.8 Å².